The minimum atomic E-state index is 0.112. The Kier molecular flexibility index (Phi) is 2.91. The monoisotopic (exact) mass is 267 g/mol. The lowest BCUT2D eigenvalue weighted by Gasteiger charge is -2.12. The van der Waals surface area contributed by atoms with Gasteiger partial charge in [0.15, 0.2) is 11.5 Å². The summed E-state index contributed by atoms with van der Waals surface area (Å²) in [5, 5.41) is 0.626. The predicted octanol–water partition coefficient (Wildman–Crippen LogP) is 2.78. The standard InChI is InChI=1S/C14H18ClNO2/c1-9(16)4-10-5-11(15)13-12(6-10)17-7-14(2-3-14)8-18-13/h5-6,9H,2-4,7-8,16H2,1H3. The van der Waals surface area contributed by atoms with Crippen molar-refractivity contribution in [1.29, 1.82) is 0 Å². The Morgan fingerprint density at radius 1 is 1.33 bits per heavy atom. The van der Waals surface area contributed by atoms with Crippen LogP contribution in [0.4, 0.5) is 0 Å². The highest BCUT2D eigenvalue weighted by Gasteiger charge is 2.46. The van der Waals surface area contributed by atoms with Crippen LogP contribution in [0.1, 0.15) is 25.3 Å². The highest BCUT2D eigenvalue weighted by Crippen LogP contribution is 2.50. The number of fused-ring (bicyclic) bond motifs is 1. The van der Waals surface area contributed by atoms with Crippen molar-refractivity contribution in [3.63, 3.8) is 0 Å². The molecule has 1 spiro atoms. The third-order valence-electron chi connectivity index (χ3n) is 3.64. The molecule has 1 unspecified atom stereocenters. The van der Waals surface area contributed by atoms with Crippen molar-refractivity contribution < 1.29 is 9.47 Å². The molecule has 98 valence electrons. The van der Waals surface area contributed by atoms with E-state index in [0.717, 1.165) is 24.3 Å². The molecule has 3 nitrogen and oxygen atoms in total. The van der Waals surface area contributed by atoms with Gasteiger partial charge in [0.2, 0.25) is 0 Å². The Bertz CT molecular complexity index is 469. The Labute approximate surface area is 112 Å². The molecule has 1 aliphatic heterocycles. The zero-order valence-corrected chi connectivity index (χ0v) is 11.3. The van der Waals surface area contributed by atoms with Crippen molar-refractivity contribution in [2.45, 2.75) is 32.2 Å². The van der Waals surface area contributed by atoms with Gasteiger partial charge in [0.25, 0.3) is 0 Å². The fourth-order valence-corrected chi connectivity index (χ4v) is 2.61. The summed E-state index contributed by atoms with van der Waals surface area (Å²) in [4.78, 5) is 0. The molecule has 2 N–H and O–H groups in total. The first-order chi connectivity index (χ1) is 8.58. The van der Waals surface area contributed by atoms with E-state index in [1.54, 1.807) is 0 Å². The van der Waals surface area contributed by atoms with Gasteiger partial charge >= 0.3 is 0 Å². The van der Waals surface area contributed by atoms with Crippen molar-refractivity contribution in [3.8, 4) is 11.5 Å². The SMILES string of the molecule is CC(N)Cc1cc(Cl)c2c(c1)OCC1(CC1)CO2. The zero-order valence-electron chi connectivity index (χ0n) is 10.5. The van der Waals surface area contributed by atoms with Crippen LogP contribution in [0.2, 0.25) is 5.02 Å². The van der Waals surface area contributed by atoms with Crippen LogP contribution in [-0.2, 0) is 6.42 Å². The molecule has 1 aliphatic carbocycles. The first-order valence-corrected chi connectivity index (χ1v) is 6.79. The van der Waals surface area contributed by atoms with Gasteiger partial charge in [0.05, 0.1) is 18.2 Å². The van der Waals surface area contributed by atoms with Crippen LogP contribution in [0.5, 0.6) is 11.5 Å². The lowest BCUT2D eigenvalue weighted by atomic mass is 10.1. The Morgan fingerprint density at radius 3 is 2.72 bits per heavy atom. The number of hydrogen-bond acceptors (Lipinski definition) is 3. The van der Waals surface area contributed by atoms with Gasteiger partial charge in [-0.2, -0.15) is 0 Å². The fourth-order valence-electron chi connectivity index (χ4n) is 2.32. The minimum Gasteiger partial charge on any atom is -0.489 e. The van der Waals surface area contributed by atoms with Crippen molar-refractivity contribution in [1.82, 2.24) is 0 Å². The second-order valence-electron chi connectivity index (χ2n) is 5.66. The fraction of sp³-hybridized carbons (Fsp3) is 0.571. The maximum Gasteiger partial charge on any atom is 0.179 e. The summed E-state index contributed by atoms with van der Waals surface area (Å²) >= 11 is 6.27. The molecule has 0 radical (unpaired) electrons. The molecule has 0 amide bonds. The molecular formula is C14H18ClNO2. The second-order valence-corrected chi connectivity index (χ2v) is 6.07. The summed E-state index contributed by atoms with van der Waals surface area (Å²) in [6.45, 7) is 3.43. The van der Waals surface area contributed by atoms with Crippen LogP contribution in [0, 0.1) is 5.41 Å². The third kappa shape index (κ3) is 2.29. The molecule has 1 fully saturated rings. The molecular weight excluding hydrogens is 250 g/mol. The molecule has 1 saturated carbocycles. The number of benzene rings is 1. The van der Waals surface area contributed by atoms with Crippen molar-refractivity contribution in [2.24, 2.45) is 11.1 Å². The summed E-state index contributed by atoms with van der Waals surface area (Å²) in [5.41, 5.74) is 7.16. The average molecular weight is 268 g/mol. The number of halogens is 1. The summed E-state index contributed by atoms with van der Waals surface area (Å²) in [6, 6.07) is 4.05. The van der Waals surface area contributed by atoms with E-state index in [2.05, 4.69) is 0 Å². The van der Waals surface area contributed by atoms with Crippen LogP contribution < -0.4 is 15.2 Å². The number of hydrogen-bond donors (Lipinski definition) is 1. The van der Waals surface area contributed by atoms with E-state index in [0.29, 0.717) is 17.4 Å². The third-order valence-corrected chi connectivity index (χ3v) is 3.92. The Balaban J connectivity index is 1.89. The lowest BCUT2D eigenvalue weighted by Crippen LogP contribution is -2.18. The van der Waals surface area contributed by atoms with E-state index in [-0.39, 0.29) is 11.5 Å². The Hall–Kier alpha value is -0.930. The van der Waals surface area contributed by atoms with E-state index in [4.69, 9.17) is 26.8 Å². The summed E-state index contributed by atoms with van der Waals surface area (Å²) in [6.07, 6.45) is 3.16. The van der Waals surface area contributed by atoms with E-state index >= 15 is 0 Å². The maximum absolute atomic E-state index is 6.27. The molecule has 2 aliphatic rings. The first kappa shape index (κ1) is 12.1. The average Bonchev–Trinajstić information content (AvgIpc) is 3.07. The zero-order chi connectivity index (χ0) is 12.8. The van der Waals surface area contributed by atoms with Crippen LogP contribution in [-0.4, -0.2) is 19.3 Å². The predicted molar refractivity (Wildman–Crippen MR) is 71.5 cm³/mol. The molecule has 4 heteroatoms. The quantitative estimate of drug-likeness (QED) is 0.896. The molecule has 1 atom stereocenters. The van der Waals surface area contributed by atoms with Crippen LogP contribution in [0.25, 0.3) is 0 Å². The van der Waals surface area contributed by atoms with Crippen molar-refractivity contribution in [3.05, 3.63) is 22.7 Å². The van der Waals surface area contributed by atoms with Gasteiger partial charge in [-0.1, -0.05) is 11.6 Å². The number of nitrogens with two attached hydrogens (primary N) is 1. The second kappa shape index (κ2) is 4.32. The molecule has 0 bridgehead atoms. The molecule has 1 heterocycles. The topological polar surface area (TPSA) is 44.5 Å². The van der Waals surface area contributed by atoms with E-state index in [1.807, 2.05) is 19.1 Å². The van der Waals surface area contributed by atoms with Crippen LogP contribution in [0.15, 0.2) is 12.1 Å². The van der Waals surface area contributed by atoms with Gasteiger partial charge in [-0.3, -0.25) is 0 Å². The van der Waals surface area contributed by atoms with Crippen LogP contribution in [0.3, 0.4) is 0 Å². The first-order valence-electron chi connectivity index (χ1n) is 6.42. The van der Waals surface area contributed by atoms with Gasteiger partial charge in [0.1, 0.15) is 0 Å². The molecule has 1 aromatic rings. The molecule has 0 aromatic heterocycles. The lowest BCUT2D eigenvalue weighted by molar-refractivity contribution is 0.197. The molecule has 18 heavy (non-hydrogen) atoms. The van der Waals surface area contributed by atoms with Gasteiger partial charge in [-0.25, -0.2) is 0 Å². The highest BCUT2D eigenvalue weighted by atomic mass is 35.5. The van der Waals surface area contributed by atoms with Gasteiger partial charge in [-0.05, 0) is 43.9 Å². The van der Waals surface area contributed by atoms with E-state index in [9.17, 15) is 0 Å². The van der Waals surface area contributed by atoms with Crippen molar-refractivity contribution >= 4 is 11.6 Å². The highest BCUT2D eigenvalue weighted by molar-refractivity contribution is 6.32. The number of rotatable bonds is 2. The summed E-state index contributed by atoms with van der Waals surface area (Å²) in [7, 11) is 0. The molecule has 0 saturated heterocycles. The van der Waals surface area contributed by atoms with Gasteiger partial charge in [0, 0.05) is 11.5 Å². The number of ether oxygens (including phenoxy) is 2. The van der Waals surface area contributed by atoms with E-state index < -0.39 is 0 Å². The summed E-state index contributed by atoms with van der Waals surface area (Å²) < 4.78 is 11.7. The maximum atomic E-state index is 6.27. The largest absolute Gasteiger partial charge is 0.489 e. The minimum absolute atomic E-state index is 0.112. The molecule has 1 aromatic carbocycles. The van der Waals surface area contributed by atoms with Gasteiger partial charge < -0.3 is 15.2 Å². The Morgan fingerprint density at radius 2 is 2.06 bits per heavy atom. The van der Waals surface area contributed by atoms with Gasteiger partial charge in [-0.15, -0.1) is 0 Å². The molecule has 3 rings (SSSR count). The summed E-state index contributed by atoms with van der Waals surface area (Å²) in [5.74, 6) is 1.45. The van der Waals surface area contributed by atoms with Crippen LogP contribution >= 0.6 is 11.6 Å². The smallest absolute Gasteiger partial charge is 0.179 e. The van der Waals surface area contributed by atoms with Crippen molar-refractivity contribution in [2.75, 3.05) is 13.2 Å². The normalized spacial score (nSPS) is 21.5. The van der Waals surface area contributed by atoms with E-state index in [1.165, 1.54) is 12.8 Å².